The van der Waals surface area contributed by atoms with Crippen LogP contribution in [0.5, 0.6) is 23.0 Å². The first-order chi connectivity index (χ1) is 13.0. The van der Waals surface area contributed by atoms with E-state index in [9.17, 15) is 15.4 Å². The fraction of sp³-hybridized carbons (Fsp3) is 0.211. The van der Waals surface area contributed by atoms with Crippen LogP contribution in [0.4, 0.5) is 5.69 Å². The molecule has 0 aliphatic rings. The van der Waals surface area contributed by atoms with E-state index >= 15 is 0 Å². The molecule has 2 aromatic rings. The van der Waals surface area contributed by atoms with E-state index in [4.69, 9.17) is 18.9 Å². The van der Waals surface area contributed by atoms with E-state index in [1.807, 2.05) is 6.07 Å². The normalized spacial score (nSPS) is 10.7. The van der Waals surface area contributed by atoms with Crippen molar-refractivity contribution in [2.24, 2.45) is 0 Å². The average molecular weight is 370 g/mol. The fourth-order valence-corrected chi connectivity index (χ4v) is 2.63. The van der Waals surface area contributed by atoms with Gasteiger partial charge in [-0.05, 0) is 41.0 Å². The largest absolute Gasteiger partial charge is 0.493 e. The molecule has 0 aliphatic carbocycles. The summed E-state index contributed by atoms with van der Waals surface area (Å²) in [6.07, 6.45) is 1.33. The lowest BCUT2D eigenvalue weighted by atomic mass is 9.96. The molecule has 8 heteroatoms. The standard InChI is InChI=1S/C19H18N2O6/c1-24-16-9-12(5-6-15(16)21(22)23)14(7-8-20)13-10-17(25-2)19(27-4)18(11-13)26-3/h5-7,9-11H,1-4H3/b14-7-. The molecule has 27 heavy (non-hydrogen) atoms. The molecule has 0 heterocycles. The van der Waals surface area contributed by atoms with E-state index in [1.165, 1.54) is 46.6 Å². The quantitative estimate of drug-likeness (QED) is 0.417. The molecule has 0 unspecified atom stereocenters. The van der Waals surface area contributed by atoms with Crippen molar-refractivity contribution in [1.82, 2.24) is 0 Å². The Morgan fingerprint density at radius 1 is 0.963 bits per heavy atom. The summed E-state index contributed by atoms with van der Waals surface area (Å²) in [5, 5.41) is 20.3. The van der Waals surface area contributed by atoms with Gasteiger partial charge in [-0.3, -0.25) is 10.1 Å². The molecule has 0 saturated carbocycles. The van der Waals surface area contributed by atoms with Crippen molar-refractivity contribution in [3.63, 3.8) is 0 Å². The molecule has 0 atom stereocenters. The van der Waals surface area contributed by atoms with Gasteiger partial charge in [0.15, 0.2) is 17.2 Å². The molecule has 0 N–H and O–H groups in total. The van der Waals surface area contributed by atoms with E-state index in [0.29, 0.717) is 33.9 Å². The third-order valence-electron chi connectivity index (χ3n) is 3.87. The van der Waals surface area contributed by atoms with Gasteiger partial charge in [-0.25, -0.2) is 0 Å². The Hall–Kier alpha value is -3.73. The number of allylic oxidation sites excluding steroid dienone is 1. The second-order valence-corrected chi connectivity index (χ2v) is 5.24. The van der Waals surface area contributed by atoms with Crippen LogP contribution in [0.3, 0.4) is 0 Å². The third kappa shape index (κ3) is 3.93. The highest BCUT2D eigenvalue weighted by molar-refractivity contribution is 5.84. The minimum absolute atomic E-state index is 0.0915. The highest BCUT2D eigenvalue weighted by Crippen LogP contribution is 2.41. The fourth-order valence-electron chi connectivity index (χ4n) is 2.63. The molecule has 2 rings (SSSR count). The van der Waals surface area contributed by atoms with E-state index in [1.54, 1.807) is 18.2 Å². The highest BCUT2D eigenvalue weighted by Gasteiger charge is 2.19. The maximum Gasteiger partial charge on any atom is 0.310 e. The summed E-state index contributed by atoms with van der Waals surface area (Å²) in [7, 11) is 5.82. The number of ether oxygens (including phenoxy) is 4. The number of benzene rings is 2. The Kier molecular flexibility index (Phi) is 6.23. The molecule has 8 nitrogen and oxygen atoms in total. The van der Waals surface area contributed by atoms with Crippen molar-refractivity contribution in [1.29, 1.82) is 5.26 Å². The van der Waals surface area contributed by atoms with Crippen LogP contribution in [0.1, 0.15) is 11.1 Å². The number of nitro benzene ring substituents is 1. The third-order valence-corrected chi connectivity index (χ3v) is 3.87. The lowest BCUT2D eigenvalue weighted by molar-refractivity contribution is -0.385. The molecule has 0 radical (unpaired) electrons. The first-order valence-corrected chi connectivity index (χ1v) is 7.73. The van der Waals surface area contributed by atoms with Crippen molar-refractivity contribution >= 4 is 11.3 Å². The molecule has 0 bridgehead atoms. The summed E-state index contributed by atoms with van der Waals surface area (Å²) in [5.74, 6) is 1.35. The van der Waals surface area contributed by atoms with Crippen molar-refractivity contribution in [3.8, 4) is 29.1 Å². The highest BCUT2D eigenvalue weighted by atomic mass is 16.6. The molecule has 0 amide bonds. The van der Waals surface area contributed by atoms with Crippen LogP contribution in [0, 0.1) is 21.4 Å². The molecular formula is C19H18N2O6. The van der Waals surface area contributed by atoms with Crippen LogP contribution < -0.4 is 18.9 Å². The molecule has 0 fully saturated rings. The Morgan fingerprint density at radius 3 is 1.96 bits per heavy atom. The summed E-state index contributed by atoms with van der Waals surface area (Å²) in [5.41, 5.74) is 1.53. The van der Waals surface area contributed by atoms with Crippen LogP contribution >= 0.6 is 0 Å². The van der Waals surface area contributed by atoms with E-state index in [-0.39, 0.29) is 11.4 Å². The topological polar surface area (TPSA) is 104 Å². The predicted molar refractivity (Wildman–Crippen MR) is 98.4 cm³/mol. The Labute approximate surface area is 156 Å². The van der Waals surface area contributed by atoms with Gasteiger partial charge in [0.25, 0.3) is 0 Å². The molecule has 0 saturated heterocycles. The summed E-state index contributed by atoms with van der Waals surface area (Å²) in [6.45, 7) is 0. The zero-order valence-electron chi connectivity index (χ0n) is 15.3. The first-order valence-electron chi connectivity index (χ1n) is 7.73. The van der Waals surface area contributed by atoms with Crippen molar-refractivity contribution in [2.45, 2.75) is 0 Å². The zero-order valence-corrected chi connectivity index (χ0v) is 15.3. The second-order valence-electron chi connectivity index (χ2n) is 5.24. The average Bonchev–Trinajstić information content (AvgIpc) is 2.70. The van der Waals surface area contributed by atoms with Gasteiger partial charge < -0.3 is 18.9 Å². The van der Waals surface area contributed by atoms with Crippen LogP contribution in [-0.2, 0) is 0 Å². The molecule has 0 aliphatic heterocycles. The van der Waals surface area contributed by atoms with Gasteiger partial charge in [0, 0.05) is 12.1 Å². The minimum atomic E-state index is -0.532. The van der Waals surface area contributed by atoms with Crippen LogP contribution in [0.2, 0.25) is 0 Å². The Bertz CT molecular complexity index is 905. The van der Waals surface area contributed by atoms with Gasteiger partial charge in [-0.1, -0.05) is 0 Å². The number of nitro groups is 1. The van der Waals surface area contributed by atoms with E-state index < -0.39 is 4.92 Å². The number of rotatable bonds is 7. The summed E-state index contributed by atoms with van der Waals surface area (Å²) in [4.78, 5) is 10.6. The molecule has 0 spiro atoms. The van der Waals surface area contributed by atoms with Gasteiger partial charge in [-0.2, -0.15) is 5.26 Å². The SMILES string of the molecule is COc1cc(/C(=C/C#N)c2cc(OC)c(OC)c(OC)c2)ccc1[N+](=O)[O-]. The lowest BCUT2D eigenvalue weighted by Crippen LogP contribution is -1.99. The summed E-state index contributed by atoms with van der Waals surface area (Å²) in [6, 6.07) is 9.76. The van der Waals surface area contributed by atoms with Crippen molar-refractivity contribution < 1.29 is 23.9 Å². The monoisotopic (exact) mass is 370 g/mol. The molecule has 0 aromatic heterocycles. The first kappa shape index (κ1) is 19.6. The van der Waals surface area contributed by atoms with Crippen LogP contribution in [0.15, 0.2) is 36.4 Å². The number of nitrogens with zero attached hydrogens (tertiary/aromatic N) is 2. The van der Waals surface area contributed by atoms with Gasteiger partial charge in [-0.15, -0.1) is 0 Å². The Morgan fingerprint density at radius 2 is 1.52 bits per heavy atom. The van der Waals surface area contributed by atoms with Crippen molar-refractivity contribution in [3.05, 3.63) is 57.6 Å². The van der Waals surface area contributed by atoms with Gasteiger partial charge >= 0.3 is 5.69 Å². The smallest absolute Gasteiger partial charge is 0.310 e. The van der Waals surface area contributed by atoms with Gasteiger partial charge in [0.2, 0.25) is 5.75 Å². The number of methoxy groups -OCH3 is 4. The van der Waals surface area contributed by atoms with E-state index in [0.717, 1.165) is 0 Å². The lowest BCUT2D eigenvalue weighted by Gasteiger charge is -2.16. The predicted octanol–water partition coefficient (Wildman–Crippen LogP) is 3.58. The Balaban J connectivity index is 2.68. The molecular weight excluding hydrogens is 352 g/mol. The summed E-state index contributed by atoms with van der Waals surface area (Å²) < 4.78 is 21.1. The van der Waals surface area contributed by atoms with Crippen molar-refractivity contribution in [2.75, 3.05) is 28.4 Å². The van der Waals surface area contributed by atoms with Crippen LogP contribution in [-0.4, -0.2) is 33.4 Å². The van der Waals surface area contributed by atoms with Gasteiger partial charge in [0.05, 0.1) is 39.4 Å². The second kappa shape index (κ2) is 8.58. The number of nitriles is 1. The maximum atomic E-state index is 11.1. The zero-order chi connectivity index (χ0) is 20.0. The van der Waals surface area contributed by atoms with Crippen LogP contribution in [0.25, 0.3) is 5.57 Å². The number of hydrogen-bond acceptors (Lipinski definition) is 7. The minimum Gasteiger partial charge on any atom is -0.493 e. The van der Waals surface area contributed by atoms with Gasteiger partial charge in [0.1, 0.15) is 0 Å². The summed E-state index contributed by atoms with van der Waals surface area (Å²) >= 11 is 0. The molecule has 140 valence electrons. The van der Waals surface area contributed by atoms with E-state index in [2.05, 4.69) is 0 Å². The number of hydrogen-bond donors (Lipinski definition) is 0. The molecule has 2 aromatic carbocycles. The maximum absolute atomic E-state index is 11.1.